The van der Waals surface area contributed by atoms with E-state index in [0.29, 0.717) is 12.2 Å². The maximum absolute atomic E-state index is 12.6. The largest absolute Gasteiger partial charge is 0.355 e. The summed E-state index contributed by atoms with van der Waals surface area (Å²) in [6.45, 7) is 3.99. The number of tetrazole rings is 1. The molecule has 5 rings (SSSR count). The summed E-state index contributed by atoms with van der Waals surface area (Å²) in [5.41, 5.74) is 3.70. The molecule has 0 saturated carbocycles. The van der Waals surface area contributed by atoms with Crippen molar-refractivity contribution in [3.05, 3.63) is 41.7 Å². The first-order chi connectivity index (χ1) is 14.2. The molecule has 10 heteroatoms. The quantitative estimate of drug-likeness (QED) is 0.537. The van der Waals surface area contributed by atoms with E-state index in [9.17, 15) is 4.79 Å². The normalized spacial score (nSPS) is 15.3. The Morgan fingerprint density at radius 1 is 1.24 bits per heavy atom. The molecule has 0 aliphatic carbocycles. The predicted octanol–water partition coefficient (Wildman–Crippen LogP) is 1.24. The number of amides is 1. The van der Waals surface area contributed by atoms with Crippen molar-refractivity contribution in [1.29, 1.82) is 0 Å². The molecule has 0 bridgehead atoms. The summed E-state index contributed by atoms with van der Waals surface area (Å²) < 4.78 is 1.42. The van der Waals surface area contributed by atoms with Crippen LogP contribution >= 0.6 is 0 Å². The molecule has 0 spiro atoms. The van der Waals surface area contributed by atoms with Crippen molar-refractivity contribution in [1.82, 2.24) is 40.5 Å². The van der Waals surface area contributed by atoms with E-state index in [1.165, 1.54) is 10.2 Å². The lowest BCUT2D eigenvalue weighted by Gasteiger charge is -2.31. The SMILES string of the molecule is Cc1ccc2nc(CNC(=O)C3CCN(c4ccc5nnnn5n4)CC3)[nH]c2c1. The second kappa shape index (κ2) is 7.12. The van der Waals surface area contributed by atoms with Crippen molar-refractivity contribution in [3.8, 4) is 0 Å². The average Bonchev–Trinajstić information content (AvgIpc) is 3.37. The van der Waals surface area contributed by atoms with Crippen LogP contribution in [0.3, 0.4) is 0 Å². The number of anilines is 1. The van der Waals surface area contributed by atoms with Crippen molar-refractivity contribution in [2.75, 3.05) is 18.0 Å². The van der Waals surface area contributed by atoms with Crippen LogP contribution in [0.1, 0.15) is 24.2 Å². The van der Waals surface area contributed by atoms with Crippen LogP contribution in [0.25, 0.3) is 16.7 Å². The van der Waals surface area contributed by atoms with Gasteiger partial charge in [0.2, 0.25) is 5.91 Å². The molecule has 0 atom stereocenters. The Labute approximate surface area is 166 Å². The van der Waals surface area contributed by atoms with Gasteiger partial charge in [-0.25, -0.2) is 4.98 Å². The Hall–Kier alpha value is -3.56. The number of aromatic amines is 1. The summed E-state index contributed by atoms with van der Waals surface area (Å²) in [5.74, 6) is 1.66. The number of hydrogen-bond donors (Lipinski definition) is 2. The van der Waals surface area contributed by atoms with Crippen LogP contribution in [-0.4, -0.2) is 54.2 Å². The zero-order chi connectivity index (χ0) is 19.8. The highest BCUT2D eigenvalue weighted by Gasteiger charge is 2.26. The number of benzene rings is 1. The van der Waals surface area contributed by atoms with E-state index in [0.717, 1.165) is 48.6 Å². The highest BCUT2D eigenvalue weighted by molar-refractivity contribution is 5.79. The number of piperidine rings is 1. The molecule has 4 heterocycles. The first-order valence-electron chi connectivity index (χ1n) is 9.69. The van der Waals surface area contributed by atoms with Gasteiger partial charge in [-0.15, -0.1) is 14.8 Å². The second-order valence-electron chi connectivity index (χ2n) is 7.40. The Bertz CT molecular complexity index is 1170. The van der Waals surface area contributed by atoms with E-state index in [4.69, 9.17) is 0 Å². The van der Waals surface area contributed by atoms with Crippen LogP contribution in [0.4, 0.5) is 5.82 Å². The van der Waals surface area contributed by atoms with Crippen LogP contribution in [0.2, 0.25) is 0 Å². The fourth-order valence-electron chi connectivity index (χ4n) is 3.75. The molecule has 10 nitrogen and oxygen atoms in total. The van der Waals surface area contributed by atoms with Crippen LogP contribution in [0, 0.1) is 12.8 Å². The number of imidazole rings is 1. The van der Waals surface area contributed by atoms with E-state index in [1.807, 2.05) is 31.2 Å². The lowest BCUT2D eigenvalue weighted by atomic mass is 9.96. The molecule has 1 amide bonds. The van der Waals surface area contributed by atoms with Crippen LogP contribution in [-0.2, 0) is 11.3 Å². The third kappa shape index (κ3) is 3.48. The maximum atomic E-state index is 12.6. The minimum absolute atomic E-state index is 0.00496. The van der Waals surface area contributed by atoms with E-state index in [2.05, 4.69) is 46.9 Å². The summed E-state index contributed by atoms with van der Waals surface area (Å²) >= 11 is 0. The minimum Gasteiger partial charge on any atom is -0.355 e. The van der Waals surface area contributed by atoms with Crippen molar-refractivity contribution in [2.45, 2.75) is 26.3 Å². The first kappa shape index (κ1) is 17.5. The molecule has 4 aromatic rings. The highest BCUT2D eigenvalue weighted by Crippen LogP contribution is 2.22. The molecule has 1 aliphatic rings. The van der Waals surface area contributed by atoms with Gasteiger partial charge >= 0.3 is 0 Å². The predicted molar refractivity (Wildman–Crippen MR) is 106 cm³/mol. The van der Waals surface area contributed by atoms with Gasteiger partial charge in [-0.2, -0.15) is 0 Å². The van der Waals surface area contributed by atoms with E-state index >= 15 is 0 Å². The van der Waals surface area contributed by atoms with Gasteiger partial charge in [0.15, 0.2) is 11.5 Å². The van der Waals surface area contributed by atoms with E-state index < -0.39 is 0 Å². The Morgan fingerprint density at radius 3 is 2.97 bits per heavy atom. The van der Waals surface area contributed by atoms with Crippen LogP contribution < -0.4 is 10.2 Å². The number of aryl methyl sites for hydroxylation is 1. The monoisotopic (exact) mass is 391 g/mol. The summed E-state index contributed by atoms with van der Waals surface area (Å²) in [6, 6.07) is 9.84. The number of hydrogen-bond acceptors (Lipinski definition) is 7. The molecule has 3 aromatic heterocycles. The number of nitrogens with one attached hydrogen (secondary N) is 2. The fourth-order valence-corrected chi connectivity index (χ4v) is 3.75. The molecule has 1 aliphatic heterocycles. The molecular weight excluding hydrogens is 370 g/mol. The summed E-state index contributed by atoms with van der Waals surface area (Å²) in [4.78, 5) is 22.6. The molecule has 1 aromatic carbocycles. The average molecular weight is 391 g/mol. The molecule has 1 fully saturated rings. The lowest BCUT2D eigenvalue weighted by Crippen LogP contribution is -2.40. The highest BCUT2D eigenvalue weighted by atomic mass is 16.1. The molecule has 1 saturated heterocycles. The van der Waals surface area contributed by atoms with Gasteiger partial charge < -0.3 is 15.2 Å². The van der Waals surface area contributed by atoms with Gasteiger partial charge in [-0.1, -0.05) is 6.07 Å². The number of carbonyl (C=O) groups is 1. The third-order valence-electron chi connectivity index (χ3n) is 5.36. The molecule has 148 valence electrons. The zero-order valence-corrected chi connectivity index (χ0v) is 16.0. The molecule has 0 unspecified atom stereocenters. The first-order valence-corrected chi connectivity index (χ1v) is 9.69. The second-order valence-corrected chi connectivity index (χ2v) is 7.40. The maximum Gasteiger partial charge on any atom is 0.223 e. The molecule has 29 heavy (non-hydrogen) atoms. The van der Waals surface area contributed by atoms with Crippen molar-refractivity contribution in [3.63, 3.8) is 0 Å². The van der Waals surface area contributed by atoms with Gasteiger partial charge in [-0.3, -0.25) is 4.79 Å². The van der Waals surface area contributed by atoms with Gasteiger partial charge in [0.05, 0.1) is 17.6 Å². The number of fused-ring (bicyclic) bond motifs is 2. The number of carbonyl (C=O) groups excluding carboxylic acids is 1. The fraction of sp³-hybridized carbons (Fsp3) is 0.368. The Balaban J connectivity index is 1.17. The number of aromatic nitrogens is 7. The standard InChI is InChI=1S/C19H21N9O/c1-12-2-3-14-15(10-12)22-16(21-14)11-20-19(29)13-6-8-27(9-7-13)18-5-4-17-23-25-26-28(17)24-18/h2-5,10,13H,6-9,11H2,1H3,(H,20,29)(H,21,22). The zero-order valence-electron chi connectivity index (χ0n) is 16.0. The van der Waals surface area contributed by atoms with Crippen molar-refractivity contribution in [2.24, 2.45) is 5.92 Å². The lowest BCUT2D eigenvalue weighted by molar-refractivity contribution is -0.125. The summed E-state index contributed by atoms with van der Waals surface area (Å²) in [5, 5.41) is 18.8. The van der Waals surface area contributed by atoms with E-state index in [1.54, 1.807) is 0 Å². The Kier molecular flexibility index (Phi) is 4.30. The van der Waals surface area contributed by atoms with Crippen LogP contribution in [0.15, 0.2) is 30.3 Å². The third-order valence-corrected chi connectivity index (χ3v) is 5.36. The molecule has 2 N–H and O–H groups in total. The molecular formula is C19H21N9O. The van der Waals surface area contributed by atoms with Gasteiger partial charge in [0.25, 0.3) is 0 Å². The number of rotatable bonds is 4. The number of nitrogens with zero attached hydrogens (tertiary/aromatic N) is 7. The summed E-state index contributed by atoms with van der Waals surface area (Å²) in [6.07, 6.45) is 1.56. The minimum atomic E-state index is -0.00496. The molecule has 0 radical (unpaired) electrons. The smallest absolute Gasteiger partial charge is 0.223 e. The summed E-state index contributed by atoms with van der Waals surface area (Å²) in [7, 11) is 0. The number of H-pyrrole nitrogens is 1. The van der Waals surface area contributed by atoms with Crippen LogP contribution in [0.5, 0.6) is 0 Å². The van der Waals surface area contributed by atoms with Crippen molar-refractivity contribution >= 4 is 28.4 Å². The van der Waals surface area contributed by atoms with Gasteiger partial charge in [0, 0.05) is 19.0 Å². The topological polar surface area (TPSA) is 117 Å². The van der Waals surface area contributed by atoms with Gasteiger partial charge in [0.1, 0.15) is 5.82 Å². The van der Waals surface area contributed by atoms with Crippen molar-refractivity contribution < 1.29 is 4.79 Å². The Morgan fingerprint density at radius 2 is 2.10 bits per heavy atom. The van der Waals surface area contributed by atoms with E-state index in [-0.39, 0.29) is 11.8 Å². The van der Waals surface area contributed by atoms with Gasteiger partial charge in [-0.05, 0) is 60.0 Å².